The van der Waals surface area contributed by atoms with Crippen molar-refractivity contribution in [1.82, 2.24) is 5.32 Å². The van der Waals surface area contributed by atoms with E-state index in [0.717, 1.165) is 13.1 Å². The number of nitrogens with two attached hydrogens (primary N) is 1. The van der Waals surface area contributed by atoms with Gasteiger partial charge in [-0.25, -0.2) is 4.89 Å². The summed E-state index contributed by atoms with van der Waals surface area (Å²) in [4.78, 5) is 3.94. The molecule has 0 aliphatic rings. The first-order chi connectivity index (χ1) is 4.97. The number of hydrogen-bond acceptors (Lipinski definition) is 4. The van der Waals surface area contributed by atoms with Crippen LogP contribution >= 0.6 is 0 Å². The highest BCUT2D eigenvalue weighted by Crippen LogP contribution is 2.01. The molecule has 0 aromatic carbocycles. The fourth-order valence-electron chi connectivity index (χ4n) is 0.144. The van der Waals surface area contributed by atoms with Gasteiger partial charge in [0.05, 0.1) is 5.60 Å². The molecule has 0 aliphatic carbocycles. The summed E-state index contributed by atoms with van der Waals surface area (Å²) in [5.74, 6) is 0. The van der Waals surface area contributed by atoms with E-state index in [-0.39, 0.29) is 10.3 Å². The molecule has 0 amide bonds. The van der Waals surface area contributed by atoms with Crippen LogP contribution in [0.3, 0.4) is 0 Å². The molecule has 0 aliphatic heterocycles. The molecule has 82 valence electrons. The quantitative estimate of drug-likeness (QED) is 0.450. The second-order valence-corrected chi connectivity index (χ2v) is 3.10. The largest absolute Gasteiger partial charge is 0.329 e. The predicted molar refractivity (Wildman–Crippen MR) is 57.4 cm³/mol. The lowest BCUT2D eigenvalue weighted by atomic mass is 10.2. The molecule has 0 spiro atoms. The summed E-state index contributed by atoms with van der Waals surface area (Å²) >= 11 is 0. The molecule has 0 heterocycles. The van der Waals surface area contributed by atoms with Crippen LogP contribution in [0.15, 0.2) is 0 Å². The van der Waals surface area contributed by atoms with Crippen molar-refractivity contribution in [2.75, 3.05) is 20.1 Å². The summed E-state index contributed by atoms with van der Waals surface area (Å²) in [5.41, 5.74) is 4.67. The molecular weight excluding hydrogens is 156 g/mol. The lowest BCUT2D eigenvalue weighted by Crippen LogP contribution is -2.17. The second-order valence-electron chi connectivity index (χ2n) is 3.10. The zero-order valence-corrected chi connectivity index (χ0v) is 7.85. The first kappa shape index (κ1) is 17.8. The Hall–Kier alpha value is -0.160. The van der Waals surface area contributed by atoms with E-state index in [9.17, 15) is 0 Å². The van der Waals surface area contributed by atoms with E-state index in [2.05, 4.69) is 10.2 Å². The molecule has 4 nitrogen and oxygen atoms in total. The van der Waals surface area contributed by atoms with Crippen molar-refractivity contribution in [1.29, 1.82) is 0 Å². The third-order valence-electron chi connectivity index (χ3n) is 0.668. The van der Waals surface area contributed by atoms with E-state index in [4.69, 9.17) is 11.0 Å². The van der Waals surface area contributed by atoms with Crippen LogP contribution in [0, 0.1) is 0 Å². The zero-order valence-electron chi connectivity index (χ0n) is 7.85. The Morgan fingerprint density at radius 1 is 1.50 bits per heavy atom. The van der Waals surface area contributed by atoms with Gasteiger partial charge in [-0.1, -0.05) is 7.43 Å². The molecule has 0 aromatic heterocycles. The molecule has 4 heteroatoms. The lowest BCUT2D eigenvalue weighted by Gasteiger charge is -2.10. The number of nitrogens with one attached hydrogen (secondary N) is 1. The molecule has 12 heavy (non-hydrogen) atoms. The molecular formula is C8H28N2O2. The summed E-state index contributed by atoms with van der Waals surface area (Å²) in [6.07, 6.45) is 0. The number of rotatable bonds is 2. The van der Waals surface area contributed by atoms with Crippen molar-refractivity contribution in [3.05, 3.63) is 0 Å². The third kappa shape index (κ3) is 32.8. The highest BCUT2D eigenvalue weighted by Gasteiger charge is 2.06. The first-order valence-electron chi connectivity index (χ1n) is 3.65. The van der Waals surface area contributed by atoms with Crippen LogP contribution in [0.2, 0.25) is 0 Å². The topological polar surface area (TPSA) is 67.5 Å². The van der Waals surface area contributed by atoms with Gasteiger partial charge in [0.1, 0.15) is 0 Å². The van der Waals surface area contributed by atoms with Crippen LogP contribution in [0.5, 0.6) is 0 Å². The Bertz CT molecular complexity index is 78.2. The van der Waals surface area contributed by atoms with Gasteiger partial charge in [0.15, 0.2) is 0 Å². The fraction of sp³-hybridized carbons (Fsp3) is 1.00. The molecule has 0 atom stereocenters. The van der Waals surface area contributed by atoms with Crippen molar-refractivity contribution in [3.63, 3.8) is 0 Å². The summed E-state index contributed by atoms with van der Waals surface area (Å²) in [7, 11) is 1.88. The normalized spacial score (nSPS) is 9.50. The molecule has 4 N–H and O–H groups in total. The summed E-state index contributed by atoms with van der Waals surface area (Å²) in [6.45, 7) is 6.96. The van der Waals surface area contributed by atoms with E-state index in [1.165, 1.54) is 0 Å². The molecule has 0 saturated heterocycles. The van der Waals surface area contributed by atoms with Crippen molar-refractivity contribution < 1.29 is 13.0 Å². The van der Waals surface area contributed by atoms with E-state index in [1.54, 1.807) is 20.8 Å². The van der Waals surface area contributed by atoms with Gasteiger partial charge < -0.3 is 11.1 Å². The van der Waals surface area contributed by atoms with Gasteiger partial charge in [-0.3, -0.25) is 5.26 Å². The van der Waals surface area contributed by atoms with Gasteiger partial charge in [-0.2, -0.15) is 0 Å². The highest BCUT2D eigenvalue weighted by molar-refractivity contribution is 4.53. The Kier molecular flexibility index (Phi) is 16.1. The van der Waals surface area contributed by atoms with E-state index >= 15 is 0 Å². The van der Waals surface area contributed by atoms with E-state index in [0.29, 0.717) is 0 Å². The van der Waals surface area contributed by atoms with E-state index in [1.807, 2.05) is 7.05 Å². The Labute approximate surface area is 79.0 Å². The van der Waals surface area contributed by atoms with Crippen molar-refractivity contribution >= 4 is 0 Å². The van der Waals surface area contributed by atoms with Crippen LogP contribution in [-0.2, 0) is 4.89 Å². The van der Waals surface area contributed by atoms with Gasteiger partial charge in [0, 0.05) is 15.9 Å². The van der Waals surface area contributed by atoms with Gasteiger partial charge in [0.2, 0.25) is 0 Å². The maximum atomic E-state index is 7.90. The third-order valence-corrected chi connectivity index (χ3v) is 0.668. The first-order valence-corrected chi connectivity index (χ1v) is 3.65. The fourth-order valence-corrected chi connectivity index (χ4v) is 0.144. The number of likely N-dealkylation sites (N-methyl/N-ethyl adjacent to an activating group) is 1. The standard InChI is InChI=1S/C4H10O2.C3H10N2.CH4.2H2/c1-4(2,3)6-5;1-5-3-2-4;;;/h5H,1-3H3;5H,2-4H2,1H3;1H4;2*1H. The second kappa shape index (κ2) is 10.8. The maximum absolute atomic E-state index is 7.90. The van der Waals surface area contributed by atoms with Crippen LogP contribution in [0.4, 0.5) is 0 Å². The van der Waals surface area contributed by atoms with Crippen LogP contribution in [-0.4, -0.2) is 31.0 Å². The van der Waals surface area contributed by atoms with Gasteiger partial charge in [-0.15, -0.1) is 0 Å². The monoisotopic (exact) mass is 184 g/mol. The van der Waals surface area contributed by atoms with Gasteiger partial charge in [-0.05, 0) is 27.8 Å². The summed E-state index contributed by atoms with van der Waals surface area (Å²) < 4.78 is 0. The smallest absolute Gasteiger partial charge is 0.0949 e. The molecule has 0 saturated carbocycles. The minimum atomic E-state index is -0.403. The van der Waals surface area contributed by atoms with Crippen LogP contribution in [0.25, 0.3) is 0 Å². The van der Waals surface area contributed by atoms with Crippen molar-refractivity contribution in [2.45, 2.75) is 33.8 Å². The van der Waals surface area contributed by atoms with Gasteiger partial charge >= 0.3 is 0 Å². The minimum absolute atomic E-state index is 0. The SMILES string of the molecule is C.CC(C)(C)OO.CNCCN.[HH].[HH]. The lowest BCUT2D eigenvalue weighted by molar-refractivity contribution is -0.306. The molecule has 0 bridgehead atoms. The molecule has 0 aromatic rings. The average molecular weight is 184 g/mol. The van der Waals surface area contributed by atoms with E-state index < -0.39 is 5.60 Å². The molecule has 0 rings (SSSR count). The minimum Gasteiger partial charge on any atom is -0.329 e. The number of hydrogen-bond donors (Lipinski definition) is 3. The van der Waals surface area contributed by atoms with Crippen LogP contribution in [0.1, 0.15) is 31.1 Å². The van der Waals surface area contributed by atoms with Gasteiger partial charge in [0.25, 0.3) is 0 Å². The zero-order chi connectivity index (χ0) is 9.33. The average Bonchev–Trinajstić information content (AvgIpc) is 1.90. The van der Waals surface area contributed by atoms with Crippen LogP contribution < -0.4 is 11.1 Å². The Balaban J connectivity index is -0.0000000321. The molecule has 0 radical (unpaired) electrons. The summed E-state index contributed by atoms with van der Waals surface area (Å²) in [5, 5.41) is 10.8. The van der Waals surface area contributed by atoms with Crippen molar-refractivity contribution in [3.8, 4) is 0 Å². The molecule has 0 unspecified atom stereocenters. The molecule has 0 fully saturated rings. The Morgan fingerprint density at radius 3 is 1.83 bits per heavy atom. The van der Waals surface area contributed by atoms with Crippen molar-refractivity contribution in [2.24, 2.45) is 5.73 Å². The predicted octanol–water partition coefficient (Wildman–Crippen LogP) is 1.57. The summed E-state index contributed by atoms with van der Waals surface area (Å²) in [6, 6.07) is 0. The highest BCUT2D eigenvalue weighted by atomic mass is 17.1. The Morgan fingerprint density at radius 2 is 1.83 bits per heavy atom. The maximum Gasteiger partial charge on any atom is 0.0949 e.